The van der Waals surface area contributed by atoms with Crippen LogP contribution in [-0.4, -0.2) is 63.6 Å². The summed E-state index contributed by atoms with van der Waals surface area (Å²) in [6.45, 7) is 4.91. The van der Waals surface area contributed by atoms with Gasteiger partial charge in [0.25, 0.3) is 0 Å². The molecule has 186 valence electrons. The molecule has 1 aliphatic heterocycles. The molecule has 0 amide bonds. The van der Waals surface area contributed by atoms with Gasteiger partial charge in [-0.1, -0.05) is 6.42 Å². The lowest BCUT2D eigenvalue weighted by molar-refractivity contribution is 0.0896. The summed E-state index contributed by atoms with van der Waals surface area (Å²) in [6, 6.07) is 6.72. The average molecular weight is 477 g/mol. The van der Waals surface area contributed by atoms with Gasteiger partial charge in [0, 0.05) is 55.0 Å². The van der Waals surface area contributed by atoms with E-state index in [1.54, 1.807) is 7.11 Å². The monoisotopic (exact) mass is 476 g/mol. The summed E-state index contributed by atoms with van der Waals surface area (Å²) in [5, 5.41) is 18.3. The topological polar surface area (TPSA) is 87.8 Å². The number of pyridine rings is 1. The van der Waals surface area contributed by atoms with Gasteiger partial charge in [0.05, 0.1) is 24.4 Å². The number of aliphatic hydroxyl groups excluding tert-OH is 1. The van der Waals surface area contributed by atoms with Crippen molar-refractivity contribution in [2.45, 2.75) is 69.9 Å². The molecule has 0 bridgehead atoms. The molecule has 2 N–H and O–H groups in total. The number of hydrogen-bond donors (Lipinski definition) is 2. The number of rotatable bonds is 7. The first kappa shape index (κ1) is 22.7. The van der Waals surface area contributed by atoms with E-state index < -0.39 is 0 Å². The summed E-state index contributed by atoms with van der Waals surface area (Å²) < 4.78 is 7.33. The molecular formula is C27H36N6O2. The van der Waals surface area contributed by atoms with Crippen LogP contribution in [0, 0.1) is 5.41 Å². The van der Waals surface area contributed by atoms with E-state index in [0.29, 0.717) is 23.9 Å². The molecule has 2 aliphatic carbocycles. The second-order valence-electron chi connectivity index (χ2n) is 11.0. The summed E-state index contributed by atoms with van der Waals surface area (Å²) in [4.78, 5) is 11.8. The van der Waals surface area contributed by atoms with Gasteiger partial charge in [-0.3, -0.25) is 0 Å². The molecule has 0 radical (unpaired) electrons. The van der Waals surface area contributed by atoms with Crippen LogP contribution in [0.5, 0.6) is 0 Å². The summed E-state index contributed by atoms with van der Waals surface area (Å²) in [7, 11) is 1.70. The van der Waals surface area contributed by atoms with Crippen molar-refractivity contribution >= 4 is 17.3 Å². The maximum atomic E-state index is 10.1. The zero-order chi connectivity index (χ0) is 24.0. The number of aliphatic hydroxyl groups is 1. The molecule has 4 heterocycles. The lowest BCUT2D eigenvalue weighted by atomic mass is 9.63. The zero-order valence-corrected chi connectivity index (χ0v) is 20.8. The summed E-state index contributed by atoms with van der Waals surface area (Å²) in [5.74, 6) is 2.03. The highest BCUT2D eigenvalue weighted by Gasteiger charge is 2.47. The number of hydrogen-bond acceptors (Lipinski definition) is 7. The third-order valence-electron chi connectivity index (χ3n) is 8.30. The van der Waals surface area contributed by atoms with Crippen LogP contribution in [-0.2, 0) is 4.74 Å². The normalized spacial score (nSPS) is 24.3. The van der Waals surface area contributed by atoms with Crippen LogP contribution in [0.2, 0.25) is 0 Å². The van der Waals surface area contributed by atoms with E-state index in [1.807, 2.05) is 12.4 Å². The largest absolute Gasteiger partial charge is 0.393 e. The van der Waals surface area contributed by atoms with Crippen molar-refractivity contribution in [1.29, 1.82) is 0 Å². The SMILES string of the molecule is COC[C@H](C)Nc1ncc2c(-c3ccnc(N4CC5(CCC5)C4)c3)cc(C3CCC(O)CC3)n2n1. The van der Waals surface area contributed by atoms with Crippen LogP contribution in [0.3, 0.4) is 0 Å². The first-order chi connectivity index (χ1) is 17.0. The van der Waals surface area contributed by atoms with E-state index >= 15 is 0 Å². The number of nitrogens with zero attached hydrogens (tertiary/aromatic N) is 5. The number of anilines is 2. The van der Waals surface area contributed by atoms with Crippen molar-refractivity contribution in [1.82, 2.24) is 19.6 Å². The van der Waals surface area contributed by atoms with Gasteiger partial charge in [-0.15, -0.1) is 5.10 Å². The maximum absolute atomic E-state index is 10.1. The smallest absolute Gasteiger partial charge is 0.241 e. The zero-order valence-electron chi connectivity index (χ0n) is 20.8. The van der Waals surface area contributed by atoms with Crippen LogP contribution in [0.4, 0.5) is 11.8 Å². The van der Waals surface area contributed by atoms with E-state index in [1.165, 1.54) is 25.0 Å². The Morgan fingerprint density at radius 1 is 1.17 bits per heavy atom. The molecule has 6 rings (SSSR count). The van der Waals surface area contributed by atoms with Crippen molar-refractivity contribution in [3.8, 4) is 11.1 Å². The van der Waals surface area contributed by atoms with E-state index in [-0.39, 0.29) is 12.1 Å². The highest BCUT2D eigenvalue weighted by molar-refractivity contribution is 5.82. The van der Waals surface area contributed by atoms with E-state index in [0.717, 1.165) is 61.2 Å². The van der Waals surface area contributed by atoms with Crippen LogP contribution in [0.15, 0.2) is 30.6 Å². The Bertz CT molecular complexity index is 1190. The fourth-order valence-corrected chi connectivity index (χ4v) is 6.16. The molecule has 3 aromatic heterocycles. The minimum atomic E-state index is -0.183. The second kappa shape index (κ2) is 9.06. The molecule has 0 unspecified atom stereocenters. The van der Waals surface area contributed by atoms with E-state index in [4.69, 9.17) is 14.8 Å². The van der Waals surface area contributed by atoms with Gasteiger partial charge in [0.2, 0.25) is 5.95 Å². The lowest BCUT2D eigenvalue weighted by Crippen LogP contribution is -2.60. The minimum absolute atomic E-state index is 0.110. The van der Waals surface area contributed by atoms with Crippen LogP contribution in [0.25, 0.3) is 16.6 Å². The number of ether oxygens (including phenoxy) is 1. The Labute approximate surface area is 206 Å². The molecule has 0 aromatic carbocycles. The number of methoxy groups -OCH3 is 1. The predicted molar refractivity (Wildman–Crippen MR) is 137 cm³/mol. The Morgan fingerprint density at radius 3 is 2.69 bits per heavy atom. The number of fused-ring (bicyclic) bond motifs is 1. The van der Waals surface area contributed by atoms with E-state index in [2.05, 4.69) is 44.8 Å². The first-order valence-electron chi connectivity index (χ1n) is 13.1. The molecule has 1 spiro atoms. The van der Waals surface area contributed by atoms with Crippen molar-refractivity contribution in [3.05, 3.63) is 36.3 Å². The first-order valence-corrected chi connectivity index (χ1v) is 13.1. The Balaban J connectivity index is 1.35. The summed E-state index contributed by atoms with van der Waals surface area (Å²) in [6.07, 6.45) is 11.4. The van der Waals surface area contributed by atoms with Crippen LogP contribution in [0.1, 0.15) is 63.5 Å². The van der Waals surface area contributed by atoms with Gasteiger partial charge in [-0.05, 0) is 69.2 Å². The Kier molecular flexibility index (Phi) is 5.89. The van der Waals surface area contributed by atoms with Gasteiger partial charge in [-0.2, -0.15) is 0 Å². The fraction of sp³-hybridized carbons (Fsp3) is 0.593. The van der Waals surface area contributed by atoms with Crippen LogP contribution >= 0.6 is 0 Å². The molecular weight excluding hydrogens is 440 g/mol. The molecule has 3 aromatic rings. The predicted octanol–water partition coefficient (Wildman–Crippen LogP) is 4.25. The van der Waals surface area contributed by atoms with Gasteiger partial charge in [-0.25, -0.2) is 14.5 Å². The standard InChI is InChI=1S/C27H36N6O2/c1-18(15-35-2)30-26-29-14-24-22(13-23(33(24)31-26)19-4-6-21(34)7-5-19)20-8-11-28-25(12-20)32-16-27(17-32)9-3-10-27/h8,11-14,18-19,21,34H,3-7,9-10,15-17H2,1-2H3,(H,30,31)/t18-,19?,21?/m0/s1. The Hall–Kier alpha value is -2.71. The number of aromatic nitrogens is 4. The molecule has 35 heavy (non-hydrogen) atoms. The third-order valence-corrected chi connectivity index (χ3v) is 8.30. The summed E-state index contributed by atoms with van der Waals surface area (Å²) >= 11 is 0. The molecule has 3 aliphatic rings. The average Bonchev–Trinajstić information content (AvgIpc) is 3.17. The highest BCUT2D eigenvalue weighted by Crippen LogP contribution is 2.49. The van der Waals surface area contributed by atoms with Crippen molar-refractivity contribution in [2.75, 3.05) is 37.0 Å². The molecule has 8 nitrogen and oxygen atoms in total. The molecule has 3 fully saturated rings. The quantitative estimate of drug-likeness (QED) is 0.527. The van der Waals surface area contributed by atoms with Gasteiger partial charge >= 0.3 is 0 Å². The fourth-order valence-electron chi connectivity index (χ4n) is 6.16. The maximum Gasteiger partial charge on any atom is 0.241 e. The second-order valence-corrected chi connectivity index (χ2v) is 11.0. The van der Waals surface area contributed by atoms with Gasteiger partial charge in [0.1, 0.15) is 5.82 Å². The molecule has 1 saturated heterocycles. The lowest BCUT2D eigenvalue weighted by Gasteiger charge is -2.56. The Morgan fingerprint density at radius 2 is 1.97 bits per heavy atom. The molecule has 2 saturated carbocycles. The number of nitrogens with one attached hydrogen (secondary N) is 1. The van der Waals surface area contributed by atoms with Crippen LogP contribution < -0.4 is 10.2 Å². The van der Waals surface area contributed by atoms with Crippen molar-refractivity contribution in [2.24, 2.45) is 5.41 Å². The van der Waals surface area contributed by atoms with Gasteiger partial charge < -0.3 is 20.1 Å². The molecule has 1 atom stereocenters. The van der Waals surface area contributed by atoms with Crippen molar-refractivity contribution in [3.63, 3.8) is 0 Å². The summed E-state index contributed by atoms with van der Waals surface area (Å²) in [5.41, 5.74) is 5.07. The molecule has 8 heteroatoms. The highest BCUT2D eigenvalue weighted by atomic mass is 16.5. The van der Waals surface area contributed by atoms with Gasteiger partial charge in [0.15, 0.2) is 0 Å². The van der Waals surface area contributed by atoms with E-state index in [9.17, 15) is 5.11 Å². The third kappa shape index (κ3) is 4.27. The van der Waals surface area contributed by atoms with Crippen molar-refractivity contribution < 1.29 is 9.84 Å². The minimum Gasteiger partial charge on any atom is -0.393 e.